The summed E-state index contributed by atoms with van der Waals surface area (Å²) in [6, 6.07) is 7.63. The van der Waals surface area contributed by atoms with Crippen LogP contribution in [0.2, 0.25) is 0 Å². The van der Waals surface area contributed by atoms with E-state index in [9.17, 15) is 0 Å². The van der Waals surface area contributed by atoms with Crippen LogP contribution >= 0.6 is 0 Å². The first kappa shape index (κ1) is 13.3. The number of ether oxygens (including phenoxy) is 1. The third kappa shape index (κ3) is 3.66. The van der Waals surface area contributed by atoms with E-state index in [1.165, 1.54) is 0 Å². The van der Waals surface area contributed by atoms with Crippen molar-refractivity contribution in [3.8, 4) is 17.1 Å². The summed E-state index contributed by atoms with van der Waals surface area (Å²) in [7, 11) is 0. The molecule has 0 saturated carbocycles. The second-order valence-electron chi connectivity index (χ2n) is 3.89. The van der Waals surface area contributed by atoms with Gasteiger partial charge in [0, 0.05) is 12.1 Å². The molecule has 1 heterocycles. The average molecular weight is 259 g/mol. The molecule has 0 amide bonds. The molecule has 0 atom stereocenters. The molecule has 0 aliphatic rings. The molecule has 5 nitrogen and oxygen atoms in total. The number of rotatable bonds is 7. The molecule has 5 heteroatoms. The third-order valence-corrected chi connectivity index (χ3v) is 2.44. The van der Waals surface area contributed by atoms with Gasteiger partial charge in [0.05, 0.1) is 13.2 Å². The molecule has 0 unspecified atom stereocenters. The Hall–Kier alpha value is -2.14. The average Bonchev–Trinajstić information content (AvgIpc) is 2.89. The maximum absolute atomic E-state index is 5.44. The maximum atomic E-state index is 5.44. The van der Waals surface area contributed by atoms with Crippen molar-refractivity contribution in [3.63, 3.8) is 0 Å². The maximum Gasteiger partial charge on any atom is 0.240 e. The molecule has 0 bridgehead atoms. The Balaban J connectivity index is 2.08. The lowest BCUT2D eigenvalue weighted by molar-refractivity contribution is 0.340. The molecule has 19 heavy (non-hydrogen) atoms. The number of nitrogens with zero attached hydrogens (tertiary/aromatic N) is 2. The first-order valence-corrected chi connectivity index (χ1v) is 6.21. The summed E-state index contributed by atoms with van der Waals surface area (Å²) in [5.74, 6) is 1.92. The van der Waals surface area contributed by atoms with Crippen molar-refractivity contribution < 1.29 is 9.26 Å². The highest BCUT2D eigenvalue weighted by atomic mass is 16.5. The minimum Gasteiger partial charge on any atom is -0.494 e. The highest BCUT2D eigenvalue weighted by Gasteiger charge is 2.08. The molecule has 0 aliphatic heterocycles. The molecule has 0 spiro atoms. The van der Waals surface area contributed by atoms with Crippen LogP contribution in [0.1, 0.15) is 12.8 Å². The van der Waals surface area contributed by atoms with Crippen molar-refractivity contribution in [2.45, 2.75) is 13.5 Å². The Morgan fingerprint density at radius 1 is 1.47 bits per heavy atom. The Morgan fingerprint density at radius 3 is 3.16 bits per heavy atom. The van der Waals surface area contributed by atoms with Gasteiger partial charge in [-0.05, 0) is 19.1 Å². The molecule has 1 aromatic carbocycles. The second kappa shape index (κ2) is 6.70. The van der Waals surface area contributed by atoms with E-state index in [1.807, 2.05) is 31.2 Å². The van der Waals surface area contributed by atoms with Crippen LogP contribution in [0.15, 0.2) is 41.4 Å². The summed E-state index contributed by atoms with van der Waals surface area (Å²) < 4.78 is 10.6. The minimum absolute atomic E-state index is 0.532. The van der Waals surface area contributed by atoms with Gasteiger partial charge in [0.2, 0.25) is 11.7 Å². The van der Waals surface area contributed by atoms with Gasteiger partial charge in [-0.3, -0.25) is 0 Å². The normalized spacial score (nSPS) is 10.4. The summed E-state index contributed by atoms with van der Waals surface area (Å²) in [6.45, 7) is 7.45. The number of nitrogens with one attached hydrogen (secondary N) is 1. The lowest BCUT2D eigenvalue weighted by Gasteiger charge is -2.02. The monoisotopic (exact) mass is 259 g/mol. The van der Waals surface area contributed by atoms with E-state index in [0.29, 0.717) is 31.4 Å². The highest BCUT2D eigenvalue weighted by molar-refractivity contribution is 5.56. The van der Waals surface area contributed by atoms with Gasteiger partial charge in [-0.15, -0.1) is 6.58 Å². The fraction of sp³-hybridized carbons (Fsp3) is 0.286. The van der Waals surface area contributed by atoms with E-state index >= 15 is 0 Å². The fourth-order valence-electron chi connectivity index (χ4n) is 1.62. The Bertz CT molecular complexity index is 537. The molecule has 2 rings (SSSR count). The Labute approximate surface area is 112 Å². The molecule has 0 saturated heterocycles. The zero-order chi connectivity index (χ0) is 13.5. The van der Waals surface area contributed by atoms with E-state index in [2.05, 4.69) is 22.0 Å². The third-order valence-electron chi connectivity index (χ3n) is 2.44. The van der Waals surface area contributed by atoms with Crippen LogP contribution < -0.4 is 10.1 Å². The molecular weight excluding hydrogens is 242 g/mol. The first-order chi connectivity index (χ1) is 9.33. The largest absolute Gasteiger partial charge is 0.494 e. The van der Waals surface area contributed by atoms with Gasteiger partial charge in [-0.1, -0.05) is 23.4 Å². The standard InChI is InChI=1S/C14H17N3O2/c1-3-8-15-10-13-16-14(17-19-13)11-6-5-7-12(9-11)18-4-2/h3,5-7,9,15H,1,4,8,10H2,2H3. The molecule has 1 aromatic heterocycles. The SMILES string of the molecule is C=CCNCc1nc(-c2cccc(OCC)c2)no1. The van der Waals surface area contributed by atoms with Crippen molar-refractivity contribution in [2.75, 3.05) is 13.2 Å². The van der Waals surface area contributed by atoms with Crippen molar-refractivity contribution in [2.24, 2.45) is 0 Å². The van der Waals surface area contributed by atoms with Crippen LogP contribution in [0, 0.1) is 0 Å². The van der Waals surface area contributed by atoms with Crippen molar-refractivity contribution in [3.05, 3.63) is 42.8 Å². The van der Waals surface area contributed by atoms with Gasteiger partial charge in [0.15, 0.2) is 0 Å². The topological polar surface area (TPSA) is 60.2 Å². The van der Waals surface area contributed by atoms with Gasteiger partial charge in [-0.2, -0.15) is 4.98 Å². The number of benzene rings is 1. The van der Waals surface area contributed by atoms with Crippen LogP contribution in [-0.4, -0.2) is 23.3 Å². The van der Waals surface area contributed by atoms with Gasteiger partial charge in [0.25, 0.3) is 0 Å². The molecule has 100 valence electrons. The predicted octanol–water partition coefficient (Wildman–Crippen LogP) is 2.41. The van der Waals surface area contributed by atoms with Crippen LogP contribution in [0.25, 0.3) is 11.4 Å². The molecular formula is C14H17N3O2. The summed E-state index contributed by atoms with van der Waals surface area (Å²) in [5, 5.41) is 7.07. The Kier molecular flexibility index (Phi) is 4.69. The fourth-order valence-corrected chi connectivity index (χ4v) is 1.62. The van der Waals surface area contributed by atoms with Crippen molar-refractivity contribution >= 4 is 0 Å². The lowest BCUT2D eigenvalue weighted by Crippen LogP contribution is -2.12. The molecule has 2 aromatic rings. The molecule has 0 fully saturated rings. The smallest absolute Gasteiger partial charge is 0.240 e. The minimum atomic E-state index is 0.532. The van der Waals surface area contributed by atoms with Crippen molar-refractivity contribution in [1.29, 1.82) is 0 Å². The predicted molar refractivity (Wildman–Crippen MR) is 72.8 cm³/mol. The van der Waals surface area contributed by atoms with E-state index < -0.39 is 0 Å². The zero-order valence-corrected chi connectivity index (χ0v) is 10.9. The van der Waals surface area contributed by atoms with Crippen LogP contribution in [0.3, 0.4) is 0 Å². The lowest BCUT2D eigenvalue weighted by atomic mass is 10.2. The van der Waals surface area contributed by atoms with Crippen LogP contribution in [0.4, 0.5) is 0 Å². The summed E-state index contributed by atoms with van der Waals surface area (Å²) in [4.78, 5) is 4.32. The zero-order valence-electron chi connectivity index (χ0n) is 10.9. The summed E-state index contributed by atoms with van der Waals surface area (Å²) >= 11 is 0. The van der Waals surface area contributed by atoms with E-state index in [1.54, 1.807) is 6.08 Å². The number of hydrogen-bond acceptors (Lipinski definition) is 5. The van der Waals surface area contributed by atoms with Crippen molar-refractivity contribution in [1.82, 2.24) is 15.5 Å². The van der Waals surface area contributed by atoms with Crippen LogP contribution in [-0.2, 0) is 6.54 Å². The van der Waals surface area contributed by atoms with Gasteiger partial charge >= 0.3 is 0 Å². The Morgan fingerprint density at radius 2 is 2.37 bits per heavy atom. The van der Waals surface area contributed by atoms with Gasteiger partial charge in [-0.25, -0.2) is 0 Å². The van der Waals surface area contributed by atoms with Crippen LogP contribution in [0.5, 0.6) is 5.75 Å². The quantitative estimate of drug-likeness (QED) is 0.611. The molecule has 0 aliphatic carbocycles. The first-order valence-electron chi connectivity index (χ1n) is 6.21. The van der Waals surface area contributed by atoms with E-state index in [4.69, 9.17) is 9.26 Å². The van der Waals surface area contributed by atoms with Gasteiger partial charge in [0.1, 0.15) is 5.75 Å². The number of aromatic nitrogens is 2. The molecule has 1 N–H and O–H groups in total. The van der Waals surface area contributed by atoms with Gasteiger partial charge < -0.3 is 14.6 Å². The highest BCUT2D eigenvalue weighted by Crippen LogP contribution is 2.21. The summed E-state index contributed by atoms with van der Waals surface area (Å²) in [5.41, 5.74) is 0.879. The summed E-state index contributed by atoms with van der Waals surface area (Å²) in [6.07, 6.45) is 1.78. The second-order valence-corrected chi connectivity index (χ2v) is 3.89. The van der Waals surface area contributed by atoms with E-state index in [-0.39, 0.29) is 0 Å². The number of hydrogen-bond donors (Lipinski definition) is 1. The molecule has 0 radical (unpaired) electrons. The van der Waals surface area contributed by atoms with E-state index in [0.717, 1.165) is 11.3 Å².